The van der Waals surface area contributed by atoms with Crippen LogP contribution >= 0.6 is 0 Å². The Labute approximate surface area is 85.2 Å². The van der Waals surface area contributed by atoms with E-state index in [9.17, 15) is 4.79 Å². The van der Waals surface area contributed by atoms with E-state index in [1.807, 2.05) is 0 Å². The quantitative estimate of drug-likeness (QED) is 0.612. The molecule has 0 aliphatic carbocycles. The lowest BCUT2D eigenvalue weighted by molar-refractivity contribution is -0.149. The molecule has 1 aliphatic heterocycles. The monoisotopic (exact) mass is 201 g/mol. The van der Waals surface area contributed by atoms with Crippen LogP contribution in [0.15, 0.2) is 0 Å². The summed E-state index contributed by atoms with van der Waals surface area (Å²) in [5.74, 6) is -0.268. The smallest absolute Gasteiger partial charge is 0.332 e. The number of rotatable bonds is 5. The largest absolute Gasteiger partial charge is 0.462 e. The first-order valence-electron chi connectivity index (χ1n) is 5.16. The highest BCUT2D eigenvalue weighted by Gasteiger charge is 2.23. The normalized spacial score (nSPS) is 22.6. The number of hydrogen-bond donors (Lipinski definition) is 0. The zero-order valence-electron chi connectivity index (χ0n) is 8.99. The van der Waals surface area contributed by atoms with Crippen molar-refractivity contribution in [3.63, 3.8) is 0 Å². The molecule has 1 atom stereocenters. The molecule has 0 aromatic heterocycles. The summed E-state index contributed by atoms with van der Waals surface area (Å²) < 4.78 is 9.78. The van der Waals surface area contributed by atoms with Crippen molar-refractivity contribution < 1.29 is 14.3 Å². The number of likely N-dealkylation sites (N-methyl/N-ethyl adjacent to an activating group) is 1. The maximum Gasteiger partial charge on any atom is 0.332 e. The summed E-state index contributed by atoms with van der Waals surface area (Å²) >= 11 is 0. The molecule has 1 fully saturated rings. The fraction of sp³-hybridized carbons (Fsp3) is 0.900. The van der Waals surface area contributed by atoms with Crippen LogP contribution in [0.2, 0.25) is 0 Å². The van der Waals surface area contributed by atoms with Gasteiger partial charge in [0.25, 0.3) is 0 Å². The summed E-state index contributed by atoms with van der Waals surface area (Å²) in [4.78, 5) is 13.4. The number of nitrogens with zero attached hydrogens (tertiary/aromatic N) is 1. The molecule has 1 saturated heterocycles. The van der Waals surface area contributed by atoms with Crippen molar-refractivity contribution in [1.82, 2.24) is 4.90 Å². The van der Waals surface area contributed by atoms with Gasteiger partial charge in [0.15, 0.2) is 0 Å². The number of ether oxygens (including phenoxy) is 2. The lowest BCUT2D eigenvalue weighted by Crippen LogP contribution is -2.34. The number of hydrogen-bond acceptors (Lipinski definition) is 4. The van der Waals surface area contributed by atoms with Crippen LogP contribution in [-0.4, -0.2) is 50.3 Å². The van der Waals surface area contributed by atoms with Gasteiger partial charge in [0.05, 0.1) is 0 Å². The molecule has 1 heterocycles. The molecular formula is C10H19NO3. The van der Waals surface area contributed by atoms with Crippen molar-refractivity contribution in [2.75, 3.05) is 33.4 Å². The SMILES string of the molecule is CCN1CCC[C@H]1COC(=O)COC. The molecule has 0 amide bonds. The minimum Gasteiger partial charge on any atom is -0.462 e. The highest BCUT2D eigenvalue weighted by molar-refractivity contribution is 5.70. The van der Waals surface area contributed by atoms with E-state index in [2.05, 4.69) is 16.6 Å². The Morgan fingerprint density at radius 2 is 2.36 bits per heavy atom. The second kappa shape index (κ2) is 5.98. The van der Waals surface area contributed by atoms with Crippen molar-refractivity contribution >= 4 is 5.97 Å². The van der Waals surface area contributed by atoms with Crippen LogP contribution in [0.3, 0.4) is 0 Å². The molecule has 1 aliphatic rings. The lowest BCUT2D eigenvalue weighted by Gasteiger charge is -2.22. The molecule has 0 radical (unpaired) electrons. The summed E-state index contributed by atoms with van der Waals surface area (Å²) in [6.07, 6.45) is 2.34. The zero-order chi connectivity index (χ0) is 10.4. The molecule has 0 saturated carbocycles. The van der Waals surface area contributed by atoms with Crippen molar-refractivity contribution in [2.24, 2.45) is 0 Å². The van der Waals surface area contributed by atoms with Crippen molar-refractivity contribution in [3.8, 4) is 0 Å². The first-order valence-corrected chi connectivity index (χ1v) is 5.16. The Morgan fingerprint density at radius 3 is 3.00 bits per heavy atom. The molecule has 82 valence electrons. The van der Waals surface area contributed by atoms with Gasteiger partial charge in [-0.25, -0.2) is 4.79 Å². The maximum atomic E-state index is 11.0. The van der Waals surface area contributed by atoms with Gasteiger partial charge in [-0.05, 0) is 25.9 Å². The summed E-state index contributed by atoms with van der Waals surface area (Å²) in [5, 5.41) is 0. The molecule has 0 unspecified atom stereocenters. The van der Waals surface area contributed by atoms with Crippen molar-refractivity contribution in [3.05, 3.63) is 0 Å². The average molecular weight is 201 g/mol. The van der Waals surface area contributed by atoms with E-state index < -0.39 is 0 Å². The Bertz CT molecular complexity index is 184. The number of carbonyl (C=O) groups excluding carboxylic acids is 1. The maximum absolute atomic E-state index is 11.0. The van der Waals surface area contributed by atoms with Gasteiger partial charge < -0.3 is 9.47 Å². The Morgan fingerprint density at radius 1 is 1.57 bits per heavy atom. The van der Waals surface area contributed by atoms with Crippen molar-refractivity contribution in [1.29, 1.82) is 0 Å². The standard InChI is InChI=1S/C10H19NO3/c1-3-11-6-4-5-9(11)7-14-10(12)8-13-2/h9H,3-8H2,1-2H3/t9-/m0/s1. The molecular weight excluding hydrogens is 182 g/mol. The van der Waals surface area contributed by atoms with Crippen molar-refractivity contribution in [2.45, 2.75) is 25.8 Å². The third-order valence-electron chi connectivity index (χ3n) is 2.60. The Kier molecular flexibility index (Phi) is 4.90. The fourth-order valence-electron chi connectivity index (χ4n) is 1.85. The number of esters is 1. The highest BCUT2D eigenvalue weighted by Crippen LogP contribution is 2.16. The second-order valence-electron chi connectivity index (χ2n) is 3.54. The van der Waals surface area contributed by atoms with E-state index in [0.29, 0.717) is 12.6 Å². The molecule has 0 aromatic rings. The molecule has 0 N–H and O–H groups in total. The van der Waals surface area contributed by atoms with Gasteiger partial charge in [-0.2, -0.15) is 0 Å². The van der Waals surface area contributed by atoms with Crippen LogP contribution in [0.4, 0.5) is 0 Å². The fourth-order valence-corrected chi connectivity index (χ4v) is 1.85. The molecule has 0 aromatic carbocycles. The van der Waals surface area contributed by atoms with E-state index in [1.54, 1.807) is 0 Å². The van der Waals surface area contributed by atoms with E-state index in [4.69, 9.17) is 4.74 Å². The van der Waals surface area contributed by atoms with Gasteiger partial charge in [0.2, 0.25) is 0 Å². The zero-order valence-corrected chi connectivity index (χ0v) is 8.99. The molecule has 0 spiro atoms. The first-order chi connectivity index (χ1) is 6.77. The summed E-state index contributed by atoms with van der Waals surface area (Å²) in [5.41, 5.74) is 0. The van der Waals surface area contributed by atoms with Gasteiger partial charge in [-0.1, -0.05) is 6.92 Å². The first kappa shape index (κ1) is 11.5. The van der Waals surface area contributed by atoms with Gasteiger partial charge in [-0.15, -0.1) is 0 Å². The highest BCUT2D eigenvalue weighted by atomic mass is 16.6. The lowest BCUT2D eigenvalue weighted by atomic mass is 10.2. The minimum atomic E-state index is -0.268. The number of methoxy groups -OCH3 is 1. The topological polar surface area (TPSA) is 38.8 Å². The third-order valence-corrected chi connectivity index (χ3v) is 2.60. The summed E-state index contributed by atoms with van der Waals surface area (Å²) in [7, 11) is 1.50. The molecule has 4 heteroatoms. The number of likely N-dealkylation sites (tertiary alicyclic amines) is 1. The summed E-state index contributed by atoms with van der Waals surface area (Å²) in [6, 6.07) is 0.417. The second-order valence-corrected chi connectivity index (χ2v) is 3.54. The molecule has 14 heavy (non-hydrogen) atoms. The predicted molar refractivity (Wildman–Crippen MR) is 53.1 cm³/mol. The van der Waals surface area contributed by atoms with Crippen LogP contribution < -0.4 is 0 Å². The average Bonchev–Trinajstić information content (AvgIpc) is 2.62. The number of carbonyl (C=O) groups is 1. The molecule has 0 bridgehead atoms. The van der Waals surface area contributed by atoms with Crippen LogP contribution in [0.5, 0.6) is 0 Å². The van der Waals surface area contributed by atoms with Crippen LogP contribution in [0.25, 0.3) is 0 Å². The van der Waals surface area contributed by atoms with Crippen LogP contribution in [0.1, 0.15) is 19.8 Å². The Hall–Kier alpha value is -0.610. The van der Waals surface area contributed by atoms with Gasteiger partial charge >= 0.3 is 5.97 Å². The van der Waals surface area contributed by atoms with Gasteiger partial charge in [0, 0.05) is 13.2 Å². The van der Waals surface area contributed by atoms with E-state index in [-0.39, 0.29) is 12.6 Å². The third kappa shape index (κ3) is 3.27. The Balaban J connectivity index is 2.20. The van der Waals surface area contributed by atoms with Gasteiger partial charge in [-0.3, -0.25) is 4.90 Å². The van der Waals surface area contributed by atoms with E-state index >= 15 is 0 Å². The van der Waals surface area contributed by atoms with Crippen LogP contribution in [-0.2, 0) is 14.3 Å². The molecule has 1 rings (SSSR count). The van der Waals surface area contributed by atoms with E-state index in [1.165, 1.54) is 13.5 Å². The minimum absolute atomic E-state index is 0.0544. The molecule has 4 nitrogen and oxygen atoms in total. The van der Waals surface area contributed by atoms with Gasteiger partial charge in [0.1, 0.15) is 13.2 Å². The predicted octanol–water partition coefficient (Wildman–Crippen LogP) is 0.660. The van der Waals surface area contributed by atoms with Crippen LogP contribution in [0, 0.1) is 0 Å². The summed E-state index contributed by atoms with van der Waals surface area (Å²) in [6.45, 7) is 4.86. The van der Waals surface area contributed by atoms with E-state index in [0.717, 1.165) is 19.5 Å².